The van der Waals surface area contributed by atoms with Crippen molar-refractivity contribution in [2.75, 3.05) is 19.7 Å². The van der Waals surface area contributed by atoms with Crippen molar-refractivity contribution in [2.24, 2.45) is 0 Å². The number of piperidine rings is 1. The molecule has 1 aliphatic rings. The summed E-state index contributed by atoms with van der Waals surface area (Å²) in [5.41, 5.74) is 0.570. The minimum absolute atomic E-state index is 0.166. The third kappa shape index (κ3) is 5.82. The molecule has 1 aromatic rings. The Morgan fingerprint density at radius 1 is 1.35 bits per heavy atom. The molecule has 1 saturated heterocycles. The van der Waals surface area contributed by atoms with E-state index in [1.807, 2.05) is 33.0 Å². The summed E-state index contributed by atoms with van der Waals surface area (Å²) in [6.07, 6.45) is 5.95. The Morgan fingerprint density at radius 2 is 2.04 bits per heavy atom. The Morgan fingerprint density at radius 3 is 2.61 bits per heavy atom. The number of nitrogens with zero attached hydrogens (tertiary/aromatic N) is 2. The molecule has 0 aliphatic carbocycles. The van der Waals surface area contributed by atoms with E-state index in [0.29, 0.717) is 19.7 Å². The molecule has 128 valence electrons. The Bertz CT molecular complexity index is 503. The van der Waals surface area contributed by atoms with E-state index in [9.17, 15) is 4.79 Å². The molecule has 1 fully saturated rings. The quantitative estimate of drug-likeness (QED) is 0.853. The number of ether oxygens (including phenoxy) is 2. The zero-order chi connectivity index (χ0) is 16.9. The van der Waals surface area contributed by atoms with Crippen molar-refractivity contribution in [1.82, 2.24) is 9.88 Å². The van der Waals surface area contributed by atoms with Crippen molar-refractivity contribution in [2.45, 2.75) is 58.2 Å². The SMILES string of the molecule is CC(C)(C)OC(=O)N1CCC(C)(OCCc2cccnc2)CC1. The van der Waals surface area contributed by atoms with Gasteiger partial charge in [-0.3, -0.25) is 4.98 Å². The number of carbonyl (C=O) groups excluding carboxylic acids is 1. The lowest BCUT2D eigenvalue weighted by Crippen LogP contribution is -2.48. The Kier molecular flexibility index (Phi) is 5.63. The molecule has 2 heterocycles. The lowest BCUT2D eigenvalue weighted by atomic mass is 9.93. The predicted octanol–water partition coefficient (Wildman–Crippen LogP) is 3.43. The van der Waals surface area contributed by atoms with Gasteiger partial charge >= 0.3 is 6.09 Å². The maximum Gasteiger partial charge on any atom is 0.410 e. The lowest BCUT2D eigenvalue weighted by molar-refractivity contribution is -0.0713. The van der Waals surface area contributed by atoms with Gasteiger partial charge in [-0.15, -0.1) is 0 Å². The fourth-order valence-corrected chi connectivity index (χ4v) is 2.59. The van der Waals surface area contributed by atoms with Gasteiger partial charge in [0.15, 0.2) is 0 Å². The Hall–Kier alpha value is -1.62. The summed E-state index contributed by atoms with van der Waals surface area (Å²) in [7, 11) is 0. The number of carbonyl (C=O) groups is 1. The molecule has 0 saturated carbocycles. The second kappa shape index (κ2) is 7.30. The van der Waals surface area contributed by atoms with Crippen LogP contribution in [0.3, 0.4) is 0 Å². The van der Waals surface area contributed by atoms with E-state index in [0.717, 1.165) is 19.3 Å². The van der Waals surface area contributed by atoms with Gasteiger partial charge in [0.2, 0.25) is 0 Å². The molecule has 5 heteroatoms. The van der Waals surface area contributed by atoms with Crippen LogP contribution < -0.4 is 0 Å². The summed E-state index contributed by atoms with van der Waals surface area (Å²) in [6, 6.07) is 4.00. The third-order valence-corrected chi connectivity index (χ3v) is 4.04. The molecule has 0 atom stereocenters. The Balaban J connectivity index is 1.75. The van der Waals surface area contributed by atoms with E-state index >= 15 is 0 Å². The number of hydrogen-bond donors (Lipinski definition) is 0. The van der Waals surface area contributed by atoms with E-state index < -0.39 is 5.60 Å². The summed E-state index contributed by atoms with van der Waals surface area (Å²) in [5.74, 6) is 0. The number of aromatic nitrogens is 1. The highest BCUT2D eigenvalue weighted by atomic mass is 16.6. The number of amides is 1. The summed E-state index contributed by atoms with van der Waals surface area (Å²) in [6.45, 7) is 9.83. The van der Waals surface area contributed by atoms with E-state index in [1.54, 1.807) is 11.1 Å². The van der Waals surface area contributed by atoms with Crippen molar-refractivity contribution >= 4 is 6.09 Å². The summed E-state index contributed by atoms with van der Waals surface area (Å²) in [5, 5.41) is 0. The van der Waals surface area contributed by atoms with E-state index in [-0.39, 0.29) is 11.7 Å². The molecule has 0 spiro atoms. The zero-order valence-corrected chi connectivity index (χ0v) is 14.7. The molecule has 1 aromatic heterocycles. The molecule has 0 unspecified atom stereocenters. The number of pyridine rings is 1. The lowest BCUT2D eigenvalue weighted by Gasteiger charge is -2.39. The highest BCUT2D eigenvalue weighted by molar-refractivity contribution is 5.68. The van der Waals surface area contributed by atoms with Crippen molar-refractivity contribution in [3.63, 3.8) is 0 Å². The summed E-state index contributed by atoms with van der Waals surface area (Å²) >= 11 is 0. The van der Waals surface area contributed by atoms with Crippen molar-refractivity contribution in [3.8, 4) is 0 Å². The predicted molar refractivity (Wildman–Crippen MR) is 89.3 cm³/mol. The van der Waals surface area contributed by atoms with E-state index in [4.69, 9.17) is 9.47 Å². The second-order valence-corrected chi connectivity index (χ2v) is 7.38. The van der Waals surface area contributed by atoms with Crippen LogP contribution in [0.4, 0.5) is 4.79 Å². The number of likely N-dealkylation sites (tertiary alicyclic amines) is 1. The fraction of sp³-hybridized carbons (Fsp3) is 0.667. The van der Waals surface area contributed by atoms with Gasteiger partial charge in [0.25, 0.3) is 0 Å². The van der Waals surface area contributed by atoms with Crippen LogP contribution in [0.2, 0.25) is 0 Å². The summed E-state index contributed by atoms with van der Waals surface area (Å²) < 4.78 is 11.5. The molecule has 2 rings (SSSR count). The first-order valence-electron chi connectivity index (χ1n) is 8.28. The van der Waals surface area contributed by atoms with Gasteiger partial charge in [-0.1, -0.05) is 6.07 Å². The third-order valence-electron chi connectivity index (χ3n) is 4.04. The molecule has 0 aromatic carbocycles. The van der Waals surface area contributed by atoms with Gasteiger partial charge in [-0.25, -0.2) is 4.79 Å². The van der Waals surface area contributed by atoms with Crippen LogP contribution in [0, 0.1) is 0 Å². The molecule has 0 radical (unpaired) electrons. The normalized spacial score (nSPS) is 17.8. The monoisotopic (exact) mass is 320 g/mol. The van der Waals surface area contributed by atoms with Gasteiger partial charge in [-0.05, 0) is 58.6 Å². The average Bonchev–Trinajstić information content (AvgIpc) is 2.47. The highest BCUT2D eigenvalue weighted by Crippen LogP contribution is 2.27. The van der Waals surface area contributed by atoms with Crippen molar-refractivity contribution in [1.29, 1.82) is 0 Å². The topological polar surface area (TPSA) is 51.7 Å². The minimum atomic E-state index is -0.446. The summed E-state index contributed by atoms with van der Waals surface area (Å²) in [4.78, 5) is 18.0. The maximum atomic E-state index is 12.1. The van der Waals surface area contributed by atoms with Crippen LogP contribution in [0.5, 0.6) is 0 Å². The smallest absolute Gasteiger partial charge is 0.410 e. The fourth-order valence-electron chi connectivity index (χ4n) is 2.59. The first kappa shape index (κ1) is 17.7. The van der Waals surface area contributed by atoms with Crippen LogP contribution in [0.1, 0.15) is 46.1 Å². The minimum Gasteiger partial charge on any atom is -0.444 e. The van der Waals surface area contributed by atoms with E-state index in [2.05, 4.69) is 18.0 Å². The first-order chi connectivity index (χ1) is 10.8. The standard InChI is InChI=1S/C18H28N2O3/c1-17(2,3)23-16(21)20-11-8-18(4,9-12-20)22-13-7-15-6-5-10-19-14-15/h5-6,10,14H,7-9,11-13H2,1-4H3. The van der Waals surface area contributed by atoms with Gasteiger partial charge in [0.05, 0.1) is 12.2 Å². The molecule has 1 amide bonds. The molecular formula is C18H28N2O3. The largest absolute Gasteiger partial charge is 0.444 e. The molecule has 1 aliphatic heterocycles. The van der Waals surface area contributed by atoms with Gasteiger partial charge < -0.3 is 14.4 Å². The van der Waals surface area contributed by atoms with Crippen LogP contribution >= 0.6 is 0 Å². The number of hydrogen-bond acceptors (Lipinski definition) is 4. The molecule has 0 bridgehead atoms. The number of rotatable bonds is 4. The first-order valence-corrected chi connectivity index (χ1v) is 8.28. The van der Waals surface area contributed by atoms with Crippen molar-refractivity contribution in [3.05, 3.63) is 30.1 Å². The maximum absolute atomic E-state index is 12.1. The molecule has 5 nitrogen and oxygen atoms in total. The van der Waals surface area contributed by atoms with Crippen LogP contribution in [0.25, 0.3) is 0 Å². The Labute approximate surface area is 139 Å². The van der Waals surface area contributed by atoms with E-state index in [1.165, 1.54) is 5.56 Å². The molecular weight excluding hydrogens is 292 g/mol. The van der Waals surface area contributed by atoms with Gasteiger partial charge in [0.1, 0.15) is 5.60 Å². The van der Waals surface area contributed by atoms with Crippen LogP contribution in [-0.4, -0.2) is 46.9 Å². The molecule has 23 heavy (non-hydrogen) atoms. The highest BCUT2D eigenvalue weighted by Gasteiger charge is 2.34. The van der Waals surface area contributed by atoms with Gasteiger partial charge in [0, 0.05) is 25.5 Å². The molecule has 0 N–H and O–H groups in total. The zero-order valence-electron chi connectivity index (χ0n) is 14.7. The van der Waals surface area contributed by atoms with Gasteiger partial charge in [-0.2, -0.15) is 0 Å². The van der Waals surface area contributed by atoms with Crippen molar-refractivity contribution < 1.29 is 14.3 Å². The second-order valence-electron chi connectivity index (χ2n) is 7.38. The van der Waals surface area contributed by atoms with Crippen LogP contribution in [-0.2, 0) is 15.9 Å². The average molecular weight is 320 g/mol. The van der Waals surface area contributed by atoms with Crippen LogP contribution in [0.15, 0.2) is 24.5 Å².